The van der Waals surface area contributed by atoms with Crippen molar-refractivity contribution in [3.05, 3.63) is 24.2 Å². The van der Waals surface area contributed by atoms with Crippen LogP contribution < -0.4 is 11.1 Å². The minimum atomic E-state index is -4.47. The first-order chi connectivity index (χ1) is 8.41. The first-order valence-corrected chi connectivity index (χ1v) is 5.30. The Morgan fingerprint density at radius 3 is 2.83 bits per heavy atom. The van der Waals surface area contributed by atoms with Crippen LogP contribution in [0.3, 0.4) is 0 Å². The number of fused-ring (bicyclic) bond motifs is 1. The average molecular weight is 259 g/mol. The maximum Gasteiger partial charge on any atom is 0.435 e. The highest BCUT2D eigenvalue weighted by molar-refractivity contribution is 5.68. The van der Waals surface area contributed by atoms with E-state index in [-0.39, 0.29) is 11.6 Å². The van der Waals surface area contributed by atoms with Crippen LogP contribution in [0.5, 0.6) is 0 Å². The lowest BCUT2D eigenvalue weighted by Gasteiger charge is -2.12. The predicted molar refractivity (Wildman–Crippen MR) is 60.1 cm³/mol. The predicted octanol–water partition coefficient (Wildman–Crippen LogP) is 1.51. The highest BCUT2D eigenvalue weighted by atomic mass is 19.4. The van der Waals surface area contributed by atoms with Crippen LogP contribution >= 0.6 is 0 Å². The highest BCUT2D eigenvalue weighted by Crippen LogP contribution is 2.30. The summed E-state index contributed by atoms with van der Waals surface area (Å²) in [4.78, 5) is 4.00. The molecule has 98 valence electrons. The zero-order valence-electron chi connectivity index (χ0n) is 9.57. The number of halogens is 3. The zero-order valence-corrected chi connectivity index (χ0v) is 9.57. The molecule has 0 saturated carbocycles. The van der Waals surface area contributed by atoms with Crippen molar-refractivity contribution >= 4 is 11.3 Å². The van der Waals surface area contributed by atoms with E-state index in [0.717, 1.165) is 10.6 Å². The summed E-state index contributed by atoms with van der Waals surface area (Å²) in [5.41, 5.74) is 4.77. The number of nitrogens with two attached hydrogens (primary N) is 1. The molecule has 2 rings (SSSR count). The van der Waals surface area contributed by atoms with Crippen LogP contribution in [-0.4, -0.2) is 27.2 Å². The van der Waals surface area contributed by atoms with E-state index in [0.29, 0.717) is 12.4 Å². The van der Waals surface area contributed by atoms with Gasteiger partial charge in [-0.2, -0.15) is 18.3 Å². The monoisotopic (exact) mass is 259 g/mol. The SMILES string of the molecule is CC(CN)Nc1nccn2nc(C(F)(F)F)cc12. The molecule has 0 spiro atoms. The summed E-state index contributed by atoms with van der Waals surface area (Å²) in [5.74, 6) is 0.332. The number of aromatic nitrogens is 3. The Hall–Kier alpha value is -1.83. The van der Waals surface area contributed by atoms with Crippen molar-refractivity contribution in [2.24, 2.45) is 5.73 Å². The first kappa shape index (κ1) is 12.6. The topological polar surface area (TPSA) is 68.2 Å². The lowest BCUT2D eigenvalue weighted by molar-refractivity contribution is -0.141. The number of alkyl halides is 3. The molecule has 0 aromatic carbocycles. The van der Waals surface area contributed by atoms with Gasteiger partial charge < -0.3 is 11.1 Å². The number of nitrogens with one attached hydrogen (secondary N) is 1. The van der Waals surface area contributed by atoms with Crippen LogP contribution in [0.15, 0.2) is 18.5 Å². The van der Waals surface area contributed by atoms with Gasteiger partial charge in [0.05, 0.1) is 0 Å². The smallest absolute Gasteiger partial charge is 0.365 e. The van der Waals surface area contributed by atoms with Gasteiger partial charge in [-0.3, -0.25) is 0 Å². The van der Waals surface area contributed by atoms with E-state index < -0.39 is 11.9 Å². The number of anilines is 1. The fourth-order valence-electron chi connectivity index (χ4n) is 1.46. The van der Waals surface area contributed by atoms with Gasteiger partial charge in [0.1, 0.15) is 5.52 Å². The number of hydrogen-bond donors (Lipinski definition) is 2. The van der Waals surface area contributed by atoms with Gasteiger partial charge in [0.15, 0.2) is 11.5 Å². The molecule has 0 saturated heterocycles. The third-order valence-electron chi connectivity index (χ3n) is 2.42. The third-order valence-corrected chi connectivity index (χ3v) is 2.42. The largest absolute Gasteiger partial charge is 0.435 e. The highest BCUT2D eigenvalue weighted by Gasteiger charge is 2.34. The third kappa shape index (κ3) is 2.37. The van der Waals surface area contributed by atoms with Crippen LogP contribution in [0.2, 0.25) is 0 Å². The molecule has 0 aliphatic carbocycles. The van der Waals surface area contributed by atoms with Gasteiger partial charge in [0.25, 0.3) is 0 Å². The van der Waals surface area contributed by atoms with Crippen molar-refractivity contribution in [2.75, 3.05) is 11.9 Å². The summed E-state index contributed by atoms with van der Waals surface area (Å²) >= 11 is 0. The molecular formula is C10H12F3N5. The van der Waals surface area contributed by atoms with Crippen LogP contribution in [-0.2, 0) is 6.18 Å². The van der Waals surface area contributed by atoms with Crippen LogP contribution in [0.25, 0.3) is 5.52 Å². The van der Waals surface area contributed by atoms with E-state index in [4.69, 9.17) is 5.73 Å². The van der Waals surface area contributed by atoms with Gasteiger partial charge in [-0.1, -0.05) is 0 Å². The molecule has 1 atom stereocenters. The minimum absolute atomic E-state index is 0.0899. The van der Waals surface area contributed by atoms with Crippen LogP contribution in [0.4, 0.5) is 19.0 Å². The first-order valence-electron chi connectivity index (χ1n) is 5.30. The number of hydrogen-bond acceptors (Lipinski definition) is 4. The zero-order chi connectivity index (χ0) is 13.3. The van der Waals surface area contributed by atoms with Crippen molar-refractivity contribution in [1.82, 2.24) is 14.6 Å². The average Bonchev–Trinajstić information content (AvgIpc) is 2.73. The molecule has 8 heteroatoms. The van der Waals surface area contributed by atoms with Crippen molar-refractivity contribution in [3.8, 4) is 0 Å². The van der Waals surface area contributed by atoms with Crippen LogP contribution in [0, 0.1) is 0 Å². The standard InChI is InChI=1S/C10H12F3N5/c1-6(5-14)16-9-7-4-8(10(11,12)13)17-18(7)3-2-15-9/h2-4,6H,5,14H2,1H3,(H,15,16). The Kier molecular flexibility index (Phi) is 3.12. The lowest BCUT2D eigenvalue weighted by atomic mass is 10.3. The van der Waals surface area contributed by atoms with Gasteiger partial charge in [-0.15, -0.1) is 0 Å². The van der Waals surface area contributed by atoms with Crippen LogP contribution in [0.1, 0.15) is 12.6 Å². The van der Waals surface area contributed by atoms with Gasteiger partial charge in [0, 0.05) is 31.0 Å². The number of rotatable bonds is 3. The van der Waals surface area contributed by atoms with E-state index in [2.05, 4.69) is 15.4 Å². The summed E-state index contributed by atoms with van der Waals surface area (Å²) in [6.07, 6.45) is -1.72. The maximum atomic E-state index is 12.5. The molecule has 0 amide bonds. The summed E-state index contributed by atoms with van der Waals surface area (Å²) in [6.45, 7) is 2.16. The molecule has 1 unspecified atom stereocenters. The molecule has 2 aromatic heterocycles. The fraction of sp³-hybridized carbons (Fsp3) is 0.400. The van der Waals surface area contributed by atoms with Gasteiger partial charge in [-0.25, -0.2) is 9.50 Å². The molecule has 18 heavy (non-hydrogen) atoms. The summed E-state index contributed by atoms with van der Waals surface area (Å²) in [7, 11) is 0. The second kappa shape index (κ2) is 4.45. The second-order valence-corrected chi connectivity index (χ2v) is 3.91. The molecule has 2 heterocycles. The van der Waals surface area contributed by atoms with Crippen molar-refractivity contribution in [2.45, 2.75) is 19.1 Å². The maximum absolute atomic E-state index is 12.5. The Morgan fingerprint density at radius 2 is 2.22 bits per heavy atom. The van der Waals surface area contributed by atoms with Gasteiger partial charge >= 0.3 is 6.18 Å². The van der Waals surface area contributed by atoms with E-state index in [9.17, 15) is 13.2 Å². The molecule has 3 N–H and O–H groups in total. The van der Waals surface area contributed by atoms with E-state index >= 15 is 0 Å². The van der Waals surface area contributed by atoms with Crippen molar-refractivity contribution in [1.29, 1.82) is 0 Å². The Labute approximate surface area is 101 Å². The minimum Gasteiger partial charge on any atom is -0.365 e. The summed E-state index contributed by atoms with van der Waals surface area (Å²) in [6, 6.07) is 0.867. The summed E-state index contributed by atoms with van der Waals surface area (Å²) < 4.78 is 38.8. The quantitative estimate of drug-likeness (QED) is 0.876. The lowest BCUT2D eigenvalue weighted by Crippen LogP contribution is -2.25. The molecule has 0 aliphatic heterocycles. The number of nitrogens with zero attached hydrogens (tertiary/aromatic N) is 3. The van der Waals surface area contributed by atoms with Gasteiger partial charge in [-0.05, 0) is 6.92 Å². The Bertz CT molecular complexity index is 548. The normalized spacial score (nSPS) is 13.8. The van der Waals surface area contributed by atoms with E-state index in [1.165, 1.54) is 12.4 Å². The molecule has 5 nitrogen and oxygen atoms in total. The molecule has 0 bridgehead atoms. The molecule has 0 aliphatic rings. The second-order valence-electron chi connectivity index (χ2n) is 3.91. The van der Waals surface area contributed by atoms with Gasteiger partial charge in [0.2, 0.25) is 0 Å². The van der Waals surface area contributed by atoms with Crippen molar-refractivity contribution in [3.63, 3.8) is 0 Å². The Morgan fingerprint density at radius 1 is 1.50 bits per heavy atom. The Balaban J connectivity index is 2.46. The fourth-order valence-corrected chi connectivity index (χ4v) is 1.46. The van der Waals surface area contributed by atoms with E-state index in [1.807, 2.05) is 6.92 Å². The molecule has 2 aromatic rings. The molecule has 0 radical (unpaired) electrons. The van der Waals surface area contributed by atoms with Crippen molar-refractivity contribution < 1.29 is 13.2 Å². The summed E-state index contributed by atoms with van der Waals surface area (Å²) in [5, 5.41) is 6.39. The molecular weight excluding hydrogens is 247 g/mol. The molecule has 0 fully saturated rings. The van der Waals surface area contributed by atoms with E-state index in [1.54, 1.807) is 0 Å².